The number of aromatic nitrogens is 2. The Morgan fingerprint density at radius 3 is 2.82 bits per heavy atom. The van der Waals surface area contributed by atoms with Gasteiger partial charge in [-0.15, -0.1) is 0 Å². The van der Waals surface area contributed by atoms with Gasteiger partial charge >= 0.3 is 0 Å². The summed E-state index contributed by atoms with van der Waals surface area (Å²) in [5, 5.41) is 12.8. The van der Waals surface area contributed by atoms with Crippen LogP contribution in [0.5, 0.6) is 0 Å². The molecule has 17 heavy (non-hydrogen) atoms. The summed E-state index contributed by atoms with van der Waals surface area (Å²) in [5.74, 6) is 1.08. The number of aryl methyl sites for hydroxylation is 2. The van der Waals surface area contributed by atoms with E-state index < -0.39 is 0 Å². The number of nitrogens with zero attached hydrogens (tertiary/aromatic N) is 3. The molecule has 0 aliphatic heterocycles. The Morgan fingerprint density at radius 1 is 1.59 bits per heavy atom. The molecule has 1 aromatic heterocycles. The fraction of sp³-hybridized carbons (Fsp3) is 0.727. The number of amides is 1. The Bertz CT molecular complexity index is 363. The first-order chi connectivity index (χ1) is 7.99. The maximum Gasteiger partial charge on any atom is 0.227 e. The third kappa shape index (κ3) is 4.95. The van der Waals surface area contributed by atoms with Gasteiger partial charge in [0.2, 0.25) is 11.8 Å². The van der Waals surface area contributed by atoms with Crippen LogP contribution in [0.3, 0.4) is 0 Å². The standard InChI is InChI=1S/C11H19N3O3/c1-8(15)6-7-14(3)11(16)5-4-10-12-9(2)13-17-10/h8,15H,4-7H2,1-3H3. The van der Waals surface area contributed by atoms with Crippen LogP contribution in [-0.2, 0) is 11.2 Å². The highest BCUT2D eigenvalue weighted by Crippen LogP contribution is 2.03. The first-order valence-electron chi connectivity index (χ1n) is 5.70. The number of hydrogen-bond acceptors (Lipinski definition) is 5. The van der Waals surface area contributed by atoms with Gasteiger partial charge in [0.1, 0.15) is 0 Å². The van der Waals surface area contributed by atoms with Gasteiger partial charge in [-0.2, -0.15) is 4.98 Å². The van der Waals surface area contributed by atoms with Crippen molar-refractivity contribution in [3.63, 3.8) is 0 Å². The monoisotopic (exact) mass is 241 g/mol. The molecule has 0 radical (unpaired) electrons. The van der Waals surface area contributed by atoms with Crippen molar-refractivity contribution in [2.45, 2.75) is 39.2 Å². The van der Waals surface area contributed by atoms with Crippen molar-refractivity contribution < 1.29 is 14.4 Å². The number of rotatable bonds is 6. The Labute approximate surface area is 101 Å². The van der Waals surface area contributed by atoms with Crippen LogP contribution in [-0.4, -0.2) is 45.8 Å². The summed E-state index contributed by atoms with van der Waals surface area (Å²) in [6.07, 6.45) is 1.00. The maximum atomic E-state index is 11.7. The topological polar surface area (TPSA) is 79.5 Å². The number of carbonyl (C=O) groups is 1. The largest absolute Gasteiger partial charge is 0.393 e. The van der Waals surface area contributed by atoms with Crippen LogP contribution in [0, 0.1) is 6.92 Å². The molecule has 1 heterocycles. The molecule has 1 atom stereocenters. The van der Waals surface area contributed by atoms with Gasteiger partial charge in [-0.25, -0.2) is 0 Å². The summed E-state index contributed by atoms with van der Waals surface area (Å²) >= 11 is 0. The van der Waals surface area contributed by atoms with Crippen molar-refractivity contribution in [1.29, 1.82) is 0 Å². The molecule has 1 amide bonds. The molecular formula is C11H19N3O3. The zero-order valence-electron chi connectivity index (χ0n) is 10.5. The van der Waals surface area contributed by atoms with Crippen molar-refractivity contribution in [1.82, 2.24) is 15.0 Å². The Hall–Kier alpha value is -1.43. The molecule has 6 nitrogen and oxygen atoms in total. The van der Waals surface area contributed by atoms with Crippen LogP contribution >= 0.6 is 0 Å². The van der Waals surface area contributed by atoms with Gasteiger partial charge in [0.25, 0.3) is 0 Å². The minimum Gasteiger partial charge on any atom is -0.393 e. The van der Waals surface area contributed by atoms with Crippen LogP contribution in [0.2, 0.25) is 0 Å². The third-order valence-electron chi connectivity index (χ3n) is 2.43. The van der Waals surface area contributed by atoms with Crippen LogP contribution in [0.1, 0.15) is 31.5 Å². The Balaban J connectivity index is 2.29. The maximum absolute atomic E-state index is 11.7. The predicted molar refractivity (Wildman–Crippen MR) is 61.3 cm³/mol. The van der Waals surface area contributed by atoms with E-state index in [1.807, 2.05) is 0 Å². The van der Waals surface area contributed by atoms with Crippen LogP contribution in [0.25, 0.3) is 0 Å². The lowest BCUT2D eigenvalue weighted by Crippen LogP contribution is -2.29. The quantitative estimate of drug-likeness (QED) is 0.786. The molecule has 1 unspecified atom stereocenters. The van der Waals surface area contributed by atoms with Crippen molar-refractivity contribution in [2.24, 2.45) is 0 Å². The van der Waals surface area contributed by atoms with E-state index in [1.54, 1.807) is 25.8 Å². The molecule has 0 bridgehead atoms. The second kappa shape index (κ2) is 6.34. The van der Waals surface area contributed by atoms with Crippen molar-refractivity contribution >= 4 is 5.91 Å². The highest BCUT2D eigenvalue weighted by atomic mass is 16.5. The number of carbonyl (C=O) groups excluding carboxylic acids is 1. The van der Waals surface area contributed by atoms with Crippen molar-refractivity contribution in [2.75, 3.05) is 13.6 Å². The molecule has 96 valence electrons. The van der Waals surface area contributed by atoms with Gasteiger partial charge < -0.3 is 14.5 Å². The zero-order chi connectivity index (χ0) is 12.8. The van der Waals surface area contributed by atoms with E-state index in [0.29, 0.717) is 37.5 Å². The lowest BCUT2D eigenvalue weighted by Gasteiger charge is -2.17. The fourth-order valence-corrected chi connectivity index (χ4v) is 1.35. The molecule has 0 fully saturated rings. The molecular weight excluding hydrogens is 222 g/mol. The molecule has 0 aromatic carbocycles. The SMILES string of the molecule is Cc1noc(CCC(=O)N(C)CCC(C)O)n1. The van der Waals surface area contributed by atoms with E-state index in [2.05, 4.69) is 10.1 Å². The second-order valence-corrected chi connectivity index (χ2v) is 4.19. The summed E-state index contributed by atoms with van der Waals surface area (Å²) in [7, 11) is 1.73. The van der Waals surface area contributed by atoms with Crippen LogP contribution in [0.4, 0.5) is 0 Å². The average Bonchev–Trinajstić information content (AvgIpc) is 2.68. The lowest BCUT2D eigenvalue weighted by molar-refractivity contribution is -0.130. The van der Waals surface area contributed by atoms with Crippen molar-refractivity contribution in [3.05, 3.63) is 11.7 Å². The predicted octanol–water partition coefficient (Wildman–Crippen LogP) is 0.540. The summed E-state index contributed by atoms with van der Waals surface area (Å²) in [4.78, 5) is 17.3. The summed E-state index contributed by atoms with van der Waals surface area (Å²) < 4.78 is 4.92. The second-order valence-electron chi connectivity index (χ2n) is 4.19. The van der Waals surface area contributed by atoms with E-state index in [1.165, 1.54) is 0 Å². The Morgan fingerprint density at radius 2 is 2.29 bits per heavy atom. The van der Waals surface area contributed by atoms with E-state index in [4.69, 9.17) is 9.63 Å². The fourth-order valence-electron chi connectivity index (χ4n) is 1.35. The molecule has 0 aliphatic carbocycles. The lowest BCUT2D eigenvalue weighted by atomic mass is 10.2. The molecule has 0 aliphatic rings. The van der Waals surface area contributed by atoms with Gasteiger partial charge in [-0.05, 0) is 20.3 Å². The van der Waals surface area contributed by atoms with Gasteiger partial charge in [-0.3, -0.25) is 4.79 Å². The van der Waals surface area contributed by atoms with E-state index >= 15 is 0 Å². The molecule has 1 rings (SSSR count). The third-order valence-corrected chi connectivity index (χ3v) is 2.43. The van der Waals surface area contributed by atoms with Crippen LogP contribution in [0.15, 0.2) is 4.52 Å². The summed E-state index contributed by atoms with van der Waals surface area (Å²) in [5.41, 5.74) is 0. The number of aliphatic hydroxyl groups excluding tert-OH is 1. The van der Waals surface area contributed by atoms with E-state index in [0.717, 1.165) is 0 Å². The summed E-state index contributed by atoms with van der Waals surface area (Å²) in [6, 6.07) is 0. The minimum absolute atomic E-state index is 0.0153. The average molecular weight is 241 g/mol. The minimum atomic E-state index is -0.385. The normalized spacial score (nSPS) is 12.5. The zero-order valence-corrected chi connectivity index (χ0v) is 10.5. The first kappa shape index (κ1) is 13.6. The molecule has 0 saturated carbocycles. The van der Waals surface area contributed by atoms with Crippen molar-refractivity contribution in [3.8, 4) is 0 Å². The Kier molecular flexibility index (Phi) is 5.09. The molecule has 0 saturated heterocycles. The number of aliphatic hydroxyl groups is 1. The molecule has 6 heteroatoms. The van der Waals surface area contributed by atoms with E-state index in [-0.39, 0.29) is 12.0 Å². The van der Waals surface area contributed by atoms with Gasteiger partial charge in [-0.1, -0.05) is 5.16 Å². The van der Waals surface area contributed by atoms with Crippen LogP contribution < -0.4 is 0 Å². The number of hydrogen-bond donors (Lipinski definition) is 1. The highest BCUT2D eigenvalue weighted by Gasteiger charge is 2.11. The highest BCUT2D eigenvalue weighted by molar-refractivity contribution is 5.75. The molecule has 1 aromatic rings. The van der Waals surface area contributed by atoms with Gasteiger partial charge in [0, 0.05) is 26.4 Å². The molecule has 0 spiro atoms. The molecule has 1 N–H and O–H groups in total. The van der Waals surface area contributed by atoms with E-state index in [9.17, 15) is 4.79 Å². The van der Waals surface area contributed by atoms with Gasteiger partial charge in [0.15, 0.2) is 5.82 Å². The summed E-state index contributed by atoms with van der Waals surface area (Å²) in [6.45, 7) is 4.00. The first-order valence-corrected chi connectivity index (χ1v) is 5.70. The smallest absolute Gasteiger partial charge is 0.227 e. The van der Waals surface area contributed by atoms with Gasteiger partial charge in [0.05, 0.1) is 6.10 Å².